The van der Waals surface area contributed by atoms with E-state index in [9.17, 15) is 28.0 Å². The molecular formula is C18H15F2N3O6. The third kappa shape index (κ3) is 6.90. The Morgan fingerprint density at radius 2 is 1.52 bits per heavy atom. The Bertz CT molecular complexity index is 901. The number of hydrogen-bond donors (Lipinski definition) is 3. The molecule has 4 N–H and O–H groups in total. The quantitative estimate of drug-likeness (QED) is 0.600. The highest BCUT2D eigenvalue weighted by molar-refractivity contribution is 6.05. The van der Waals surface area contributed by atoms with E-state index in [1.165, 1.54) is 36.4 Å². The highest BCUT2D eigenvalue weighted by Gasteiger charge is 2.14. The van der Waals surface area contributed by atoms with Crippen molar-refractivity contribution >= 4 is 29.5 Å². The van der Waals surface area contributed by atoms with Gasteiger partial charge >= 0.3 is 18.6 Å². The Balaban J connectivity index is 1.83. The van der Waals surface area contributed by atoms with Gasteiger partial charge in [-0.25, -0.2) is 9.59 Å². The van der Waals surface area contributed by atoms with Crippen LogP contribution in [0.2, 0.25) is 0 Å². The summed E-state index contributed by atoms with van der Waals surface area (Å²) in [4.78, 5) is 46.3. The van der Waals surface area contributed by atoms with Crippen molar-refractivity contribution in [2.45, 2.75) is 6.61 Å². The fourth-order valence-electron chi connectivity index (χ4n) is 2.07. The van der Waals surface area contributed by atoms with Crippen LogP contribution in [-0.4, -0.2) is 37.0 Å². The van der Waals surface area contributed by atoms with E-state index in [4.69, 9.17) is 10.5 Å². The Morgan fingerprint density at radius 1 is 0.931 bits per heavy atom. The number of urea groups is 1. The number of esters is 1. The van der Waals surface area contributed by atoms with Crippen LogP contribution >= 0.6 is 0 Å². The van der Waals surface area contributed by atoms with E-state index >= 15 is 0 Å². The van der Waals surface area contributed by atoms with E-state index in [-0.39, 0.29) is 16.9 Å². The first-order chi connectivity index (χ1) is 13.7. The lowest BCUT2D eigenvalue weighted by atomic mass is 10.2. The summed E-state index contributed by atoms with van der Waals surface area (Å²) in [5.41, 5.74) is 5.45. The molecule has 0 aliphatic rings. The minimum Gasteiger partial charge on any atom is -0.452 e. The predicted octanol–water partition coefficient (Wildman–Crippen LogP) is 1.89. The number of carbonyl (C=O) groups excluding carboxylic acids is 4. The number of halogens is 2. The SMILES string of the molecule is NC(=O)Nc1ccc(C(=O)OCC(=O)NC(=O)c2ccc(OC(F)F)cc2)cc1. The maximum Gasteiger partial charge on any atom is 0.387 e. The first-order valence-electron chi connectivity index (χ1n) is 7.97. The second kappa shape index (κ2) is 9.78. The Morgan fingerprint density at radius 3 is 2.07 bits per heavy atom. The maximum absolute atomic E-state index is 12.1. The van der Waals surface area contributed by atoms with Crippen LogP contribution in [0.3, 0.4) is 0 Å². The molecule has 2 aromatic rings. The van der Waals surface area contributed by atoms with Crippen LogP contribution in [0, 0.1) is 0 Å². The number of hydrogen-bond acceptors (Lipinski definition) is 6. The molecule has 0 saturated carbocycles. The van der Waals surface area contributed by atoms with Crippen molar-refractivity contribution < 1.29 is 37.4 Å². The molecule has 0 saturated heterocycles. The van der Waals surface area contributed by atoms with Crippen LogP contribution in [0.4, 0.5) is 19.3 Å². The van der Waals surface area contributed by atoms with Gasteiger partial charge in [0.2, 0.25) is 0 Å². The topological polar surface area (TPSA) is 137 Å². The normalized spacial score (nSPS) is 10.2. The fraction of sp³-hybridized carbons (Fsp3) is 0.111. The zero-order valence-corrected chi connectivity index (χ0v) is 14.7. The average Bonchev–Trinajstić information content (AvgIpc) is 2.66. The number of nitrogens with one attached hydrogen (secondary N) is 2. The van der Waals surface area contributed by atoms with E-state index in [1.807, 2.05) is 5.32 Å². The summed E-state index contributed by atoms with van der Waals surface area (Å²) in [7, 11) is 0. The summed E-state index contributed by atoms with van der Waals surface area (Å²) in [6.45, 7) is -3.72. The molecule has 2 rings (SSSR count). The maximum atomic E-state index is 12.1. The summed E-state index contributed by atoms with van der Waals surface area (Å²) in [5, 5.41) is 4.30. The predicted molar refractivity (Wildman–Crippen MR) is 95.5 cm³/mol. The van der Waals surface area contributed by atoms with Gasteiger partial charge in [-0.2, -0.15) is 8.78 Å². The van der Waals surface area contributed by atoms with Gasteiger partial charge < -0.3 is 20.5 Å². The van der Waals surface area contributed by atoms with Crippen molar-refractivity contribution in [1.82, 2.24) is 5.32 Å². The first-order valence-corrected chi connectivity index (χ1v) is 7.97. The smallest absolute Gasteiger partial charge is 0.387 e. The zero-order valence-electron chi connectivity index (χ0n) is 14.7. The van der Waals surface area contributed by atoms with E-state index in [1.54, 1.807) is 0 Å². The molecular weight excluding hydrogens is 392 g/mol. The molecule has 0 radical (unpaired) electrons. The van der Waals surface area contributed by atoms with Gasteiger partial charge in [0.15, 0.2) is 6.61 Å². The lowest BCUT2D eigenvalue weighted by molar-refractivity contribution is -0.123. The zero-order chi connectivity index (χ0) is 21.4. The standard InChI is InChI=1S/C18H15F2N3O6/c19-17(20)29-13-7-3-10(4-8-13)15(25)23-14(24)9-28-16(26)11-1-5-12(6-2-11)22-18(21)27/h1-8,17H,9H2,(H3,21,22,27)(H,23,24,25). The van der Waals surface area contributed by atoms with Gasteiger partial charge in [-0.1, -0.05) is 0 Å². The highest BCUT2D eigenvalue weighted by atomic mass is 19.3. The van der Waals surface area contributed by atoms with Crippen LogP contribution < -0.4 is 21.1 Å². The van der Waals surface area contributed by atoms with Crippen LogP contribution in [0.5, 0.6) is 5.75 Å². The van der Waals surface area contributed by atoms with Crippen molar-refractivity contribution in [2.24, 2.45) is 5.73 Å². The molecule has 0 fully saturated rings. The van der Waals surface area contributed by atoms with Gasteiger partial charge in [0.05, 0.1) is 5.56 Å². The number of primary amides is 1. The Labute approximate surface area is 162 Å². The molecule has 0 atom stereocenters. The Kier molecular flexibility index (Phi) is 7.18. The molecule has 9 nitrogen and oxygen atoms in total. The molecule has 152 valence electrons. The van der Waals surface area contributed by atoms with Crippen molar-refractivity contribution in [2.75, 3.05) is 11.9 Å². The molecule has 4 amide bonds. The third-order valence-corrected chi connectivity index (χ3v) is 3.32. The molecule has 0 spiro atoms. The Hall–Kier alpha value is -4.02. The minimum atomic E-state index is -3.00. The number of imide groups is 1. The van der Waals surface area contributed by atoms with E-state index in [0.29, 0.717) is 5.69 Å². The largest absolute Gasteiger partial charge is 0.452 e. The molecule has 0 aliphatic carbocycles. The molecule has 0 aromatic heterocycles. The summed E-state index contributed by atoms with van der Waals surface area (Å²) in [5.74, 6) is -2.67. The molecule has 11 heteroatoms. The number of carbonyl (C=O) groups is 4. The number of ether oxygens (including phenoxy) is 2. The molecule has 2 aromatic carbocycles. The minimum absolute atomic E-state index is 0.0174. The summed E-state index contributed by atoms with van der Waals surface area (Å²) >= 11 is 0. The summed E-state index contributed by atoms with van der Waals surface area (Å²) in [6.07, 6.45) is 0. The number of amides is 4. The third-order valence-electron chi connectivity index (χ3n) is 3.32. The fourth-order valence-corrected chi connectivity index (χ4v) is 2.07. The summed E-state index contributed by atoms with van der Waals surface area (Å²) in [6, 6.07) is 9.41. The molecule has 0 unspecified atom stereocenters. The highest BCUT2D eigenvalue weighted by Crippen LogP contribution is 2.15. The number of anilines is 1. The number of benzene rings is 2. The number of alkyl halides is 2. The molecule has 0 bridgehead atoms. The lowest BCUT2D eigenvalue weighted by Crippen LogP contribution is -2.34. The van der Waals surface area contributed by atoms with Gasteiger partial charge in [0.25, 0.3) is 11.8 Å². The van der Waals surface area contributed by atoms with Gasteiger partial charge in [-0.3, -0.25) is 14.9 Å². The van der Waals surface area contributed by atoms with Gasteiger partial charge in [0.1, 0.15) is 5.75 Å². The molecule has 0 heterocycles. The molecule has 29 heavy (non-hydrogen) atoms. The summed E-state index contributed by atoms with van der Waals surface area (Å²) < 4.78 is 33.1. The van der Waals surface area contributed by atoms with E-state index in [0.717, 1.165) is 12.1 Å². The van der Waals surface area contributed by atoms with Gasteiger partial charge in [-0.05, 0) is 48.5 Å². The first kappa shape index (κ1) is 21.3. The van der Waals surface area contributed by atoms with Crippen molar-refractivity contribution in [3.05, 3.63) is 59.7 Å². The van der Waals surface area contributed by atoms with Gasteiger partial charge in [0, 0.05) is 11.3 Å². The van der Waals surface area contributed by atoms with Crippen LogP contribution in [-0.2, 0) is 9.53 Å². The number of nitrogens with two attached hydrogens (primary N) is 1. The van der Waals surface area contributed by atoms with Crippen molar-refractivity contribution in [3.63, 3.8) is 0 Å². The van der Waals surface area contributed by atoms with Crippen LogP contribution in [0.25, 0.3) is 0 Å². The average molecular weight is 407 g/mol. The second-order valence-corrected chi connectivity index (χ2v) is 5.42. The van der Waals surface area contributed by atoms with Crippen molar-refractivity contribution in [3.8, 4) is 5.75 Å². The molecule has 0 aliphatic heterocycles. The van der Waals surface area contributed by atoms with Gasteiger partial charge in [-0.15, -0.1) is 0 Å². The van der Waals surface area contributed by atoms with Crippen LogP contribution in [0.15, 0.2) is 48.5 Å². The van der Waals surface area contributed by atoms with E-state index < -0.39 is 37.0 Å². The monoisotopic (exact) mass is 407 g/mol. The number of rotatable bonds is 7. The second-order valence-electron chi connectivity index (χ2n) is 5.42. The van der Waals surface area contributed by atoms with Crippen LogP contribution in [0.1, 0.15) is 20.7 Å². The van der Waals surface area contributed by atoms with Crippen molar-refractivity contribution in [1.29, 1.82) is 0 Å². The lowest BCUT2D eigenvalue weighted by Gasteiger charge is -2.08. The van der Waals surface area contributed by atoms with E-state index in [2.05, 4.69) is 10.1 Å².